The Morgan fingerprint density at radius 1 is 0.500 bits per heavy atom. The zero-order chi connectivity index (χ0) is 19.8. The van der Waals surface area contributed by atoms with Crippen molar-refractivity contribution in [2.45, 2.75) is 119 Å². The maximum atomic E-state index is 2.57. The molecule has 3 unspecified atom stereocenters. The molecule has 0 saturated heterocycles. The predicted molar refractivity (Wildman–Crippen MR) is 121 cm³/mol. The summed E-state index contributed by atoms with van der Waals surface area (Å²) in [6.45, 7) is 18.7. The SMILES string of the molecule is CCCCCC(C)C[N+](C)(CC(C)CCCCC)CC(C)CCCCC. The summed E-state index contributed by atoms with van der Waals surface area (Å²) in [5, 5.41) is 0. The zero-order valence-corrected chi connectivity index (χ0v) is 19.8. The molecule has 26 heavy (non-hydrogen) atoms. The monoisotopic (exact) mass is 368 g/mol. The van der Waals surface area contributed by atoms with Crippen molar-refractivity contribution in [2.75, 3.05) is 26.7 Å². The Labute approximate surface area is 167 Å². The van der Waals surface area contributed by atoms with Gasteiger partial charge in [-0.3, -0.25) is 0 Å². The molecule has 0 rings (SSSR count). The van der Waals surface area contributed by atoms with Crippen LogP contribution in [-0.4, -0.2) is 31.2 Å². The second kappa shape index (κ2) is 16.0. The molecule has 0 aliphatic rings. The summed E-state index contributed by atoms with van der Waals surface area (Å²) in [6, 6.07) is 0. The van der Waals surface area contributed by atoms with Gasteiger partial charge in [-0.15, -0.1) is 0 Å². The molecule has 0 amide bonds. The summed E-state index contributed by atoms with van der Waals surface area (Å²) in [4.78, 5) is 0. The average Bonchev–Trinajstić information content (AvgIpc) is 2.55. The van der Waals surface area contributed by atoms with Crippen molar-refractivity contribution in [3.8, 4) is 0 Å². The van der Waals surface area contributed by atoms with E-state index >= 15 is 0 Å². The minimum absolute atomic E-state index is 0.872. The Morgan fingerprint density at radius 2 is 0.769 bits per heavy atom. The molecule has 0 aliphatic carbocycles. The van der Waals surface area contributed by atoms with E-state index in [1.54, 1.807) is 0 Å². The van der Waals surface area contributed by atoms with Gasteiger partial charge in [0.25, 0.3) is 0 Å². The third-order valence-electron chi connectivity index (χ3n) is 6.16. The zero-order valence-electron chi connectivity index (χ0n) is 19.8. The summed E-state index contributed by atoms with van der Waals surface area (Å²) in [5.41, 5.74) is 0. The van der Waals surface area contributed by atoms with Gasteiger partial charge in [-0.2, -0.15) is 0 Å². The van der Waals surface area contributed by atoms with Gasteiger partial charge in [0.15, 0.2) is 0 Å². The molecule has 3 atom stereocenters. The van der Waals surface area contributed by atoms with Crippen LogP contribution in [-0.2, 0) is 0 Å². The van der Waals surface area contributed by atoms with Crippen LogP contribution in [0.25, 0.3) is 0 Å². The molecular formula is C25H54N+. The quantitative estimate of drug-likeness (QED) is 0.169. The molecule has 0 saturated carbocycles. The summed E-state index contributed by atoms with van der Waals surface area (Å²) >= 11 is 0. The first-order valence-corrected chi connectivity index (χ1v) is 12.2. The lowest BCUT2D eigenvalue weighted by atomic mass is 9.95. The Morgan fingerprint density at radius 3 is 1.00 bits per heavy atom. The van der Waals surface area contributed by atoms with E-state index in [0.717, 1.165) is 17.8 Å². The number of hydrogen-bond donors (Lipinski definition) is 0. The van der Waals surface area contributed by atoms with Crippen LogP contribution in [0, 0.1) is 17.8 Å². The molecule has 0 aromatic carbocycles. The summed E-state index contributed by atoms with van der Waals surface area (Å²) in [5.74, 6) is 2.62. The lowest BCUT2D eigenvalue weighted by Crippen LogP contribution is -2.51. The van der Waals surface area contributed by atoms with Gasteiger partial charge in [0.1, 0.15) is 0 Å². The highest BCUT2D eigenvalue weighted by atomic mass is 15.3. The third-order valence-corrected chi connectivity index (χ3v) is 6.16. The highest BCUT2D eigenvalue weighted by Gasteiger charge is 2.28. The lowest BCUT2D eigenvalue weighted by Gasteiger charge is -2.40. The maximum Gasteiger partial charge on any atom is 0.0810 e. The molecule has 0 aromatic heterocycles. The van der Waals surface area contributed by atoms with Crippen LogP contribution in [0.1, 0.15) is 119 Å². The van der Waals surface area contributed by atoms with E-state index in [1.165, 1.54) is 101 Å². The third kappa shape index (κ3) is 14.1. The van der Waals surface area contributed by atoms with E-state index in [0.29, 0.717) is 0 Å². The number of unbranched alkanes of at least 4 members (excludes halogenated alkanes) is 6. The van der Waals surface area contributed by atoms with Crippen molar-refractivity contribution >= 4 is 0 Å². The molecule has 0 fully saturated rings. The Kier molecular flexibility index (Phi) is 15.9. The van der Waals surface area contributed by atoms with Gasteiger partial charge in [-0.25, -0.2) is 0 Å². The molecule has 0 bridgehead atoms. The number of nitrogens with zero attached hydrogens (tertiary/aromatic N) is 1. The van der Waals surface area contributed by atoms with E-state index in [1.807, 2.05) is 0 Å². The smallest absolute Gasteiger partial charge is 0.0810 e. The molecule has 0 aromatic rings. The second-order valence-electron chi connectivity index (χ2n) is 9.97. The molecule has 0 N–H and O–H groups in total. The van der Waals surface area contributed by atoms with Crippen molar-refractivity contribution in [1.29, 1.82) is 0 Å². The van der Waals surface area contributed by atoms with Gasteiger partial charge in [0, 0.05) is 17.8 Å². The molecule has 1 heteroatoms. The van der Waals surface area contributed by atoms with Crippen LogP contribution in [0.4, 0.5) is 0 Å². The molecule has 0 spiro atoms. The van der Waals surface area contributed by atoms with Crippen molar-refractivity contribution in [1.82, 2.24) is 0 Å². The van der Waals surface area contributed by atoms with Crippen LogP contribution in [0.5, 0.6) is 0 Å². The van der Waals surface area contributed by atoms with Crippen molar-refractivity contribution in [3.63, 3.8) is 0 Å². The van der Waals surface area contributed by atoms with E-state index in [4.69, 9.17) is 0 Å². The highest BCUT2D eigenvalue weighted by Crippen LogP contribution is 2.23. The highest BCUT2D eigenvalue weighted by molar-refractivity contribution is 4.61. The van der Waals surface area contributed by atoms with E-state index in [-0.39, 0.29) is 0 Å². The first-order chi connectivity index (χ1) is 12.4. The Hall–Kier alpha value is -0.0400. The van der Waals surface area contributed by atoms with Crippen molar-refractivity contribution < 1.29 is 4.48 Å². The van der Waals surface area contributed by atoms with Gasteiger partial charge >= 0.3 is 0 Å². The van der Waals surface area contributed by atoms with E-state index < -0.39 is 0 Å². The molecule has 1 nitrogen and oxygen atoms in total. The fourth-order valence-electron chi connectivity index (χ4n) is 4.98. The molecule has 0 heterocycles. The van der Waals surface area contributed by atoms with Gasteiger partial charge in [-0.05, 0) is 19.3 Å². The van der Waals surface area contributed by atoms with E-state index in [2.05, 4.69) is 48.6 Å². The predicted octanol–water partition coefficient (Wildman–Crippen LogP) is 8.08. The molecule has 158 valence electrons. The summed E-state index contributed by atoms with van der Waals surface area (Å²) in [6.07, 6.45) is 16.8. The number of rotatable bonds is 18. The largest absolute Gasteiger partial charge is 0.325 e. The minimum atomic E-state index is 0.872. The normalized spacial score (nSPS) is 17.7. The first-order valence-electron chi connectivity index (χ1n) is 12.2. The Balaban J connectivity index is 4.66. The van der Waals surface area contributed by atoms with Crippen LogP contribution in [0.3, 0.4) is 0 Å². The average molecular weight is 369 g/mol. The lowest BCUT2D eigenvalue weighted by molar-refractivity contribution is -0.918. The summed E-state index contributed by atoms with van der Waals surface area (Å²) in [7, 11) is 2.57. The molecule has 0 aliphatic heterocycles. The van der Waals surface area contributed by atoms with Gasteiger partial charge in [0.2, 0.25) is 0 Å². The van der Waals surface area contributed by atoms with Crippen molar-refractivity contribution in [3.05, 3.63) is 0 Å². The van der Waals surface area contributed by atoms with Gasteiger partial charge < -0.3 is 4.48 Å². The van der Waals surface area contributed by atoms with Crippen LogP contribution in [0.15, 0.2) is 0 Å². The van der Waals surface area contributed by atoms with Crippen molar-refractivity contribution in [2.24, 2.45) is 17.8 Å². The maximum absolute atomic E-state index is 2.57. The summed E-state index contributed by atoms with van der Waals surface area (Å²) < 4.78 is 1.31. The fraction of sp³-hybridized carbons (Fsp3) is 1.00. The molecular weight excluding hydrogens is 314 g/mol. The van der Waals surface area contributed by atoms with Gasteiger partial charge in [0.05, 0.1) is 26.7 Å². The van der Waals surface area contributed by atoms with Crippen LogP contribution < -0.4 is 0 Å². The number of quaternary nitrogens is 1. The number of hydrogen-bond acceptors (Lipinski definition) is 0. The van der Waals surface area contributed by atoms with Crippen LogP contribution >= 0.6 is 0 Å². The molecule has 0 radical (unpaired) electrons. The minimum Gasteiger partial charge on any atom is -0.325 e. The van der Waals surface area contributed by atoms with E-state index in [9.17, 15) is 0 Å². The topological polar surface area (TPSA) is 0 Å². The first kappa shape index (κ1) is 26.0. The standard InChI is InChI=1S/C25H54N/c1-8-11-14-17-23(4)20-26(7,21-24(5)18-15-12-9-2)22-25(6)19-16-13-10-3/h23-25H,8-22H2,1-7H3/q+1. The van der Waals surface area contributed by atoms with Gasteiger partial charge in [-0.1, -0.05) is 99.3 Å². The Bertz CT molecular complexity index is 253. The van der Waals surface area contributed by atoms with Crippen LogP contribution in [0.2, 0.25) is 0 Å². The second-order valence-corrected chi connectivity index (χ2v) is 9.97. The fourth-order valence-corrected chi connectivity index (χ4v) is 4.98.